The Hall–Kier alpha value is 1.32. The normalized spacial score (nSPS) is 30.1. The quantitative estimate of drug-likeness (QED) is 0.276. The molecule has 4 rings (SSSR count). The number of rotatable bonds is 4. The molecule has 2 atom stereocenters. The Kier molecular flexibility index (Phi) is 6.96. The molecule has 2 aromatic rings. The molecule has 140 valence electrons. The molecule has 6 heteroatoms. The van der Waals surface area contributed by atoms with Crippen LogP contribution in [0.25, 0.3) is 0 Å². The summed E-state index contributed by atoms with van der Waals surface area (Å²) in [5.74, 6) is 0. The van der Waals surface area contributed by atoms with Crippen LogP contribution in [0, 0.1) is 0 Å². The average molecular weight is 738 g/mol. The average Bonchev–Trinajstić information content (AvgIpc) is 3.27. The zero-order valence-electron chi connectivity index (χ0n) is 13.9. The fraction of sp³-hybridized carbons (Fsp3) is 0.400. The molecular weight excluding hydrogens is 720 g/mol. The molecule has 0 amide bonds. The largest absolute Gasteiger partial charge is 0.0975 e. The van der Waals surface area contributed by atoms with Gasteiger partial charge < -0.3 is 0 Å². The summed E-state index contributed by atoms with van der Waals surface area (Å²) in [6.45, 7) is 0. The van der Waals surface area contributed by atoms with E-state index >= 15 is 0 Å². The van der Waals surface area contributed by atoms with E-state index in [-0.39, 0.29) is 15.1 Å². The third kappa shape index (κ3) is 5.27. The van der Waals surface area contributed by atoms with Crippen LogP contribution in [-0.4, -0.2) is 15.1 Å². The first-order valence-corrected chi connectivity index (χ1v) is 13.0. The summed E-state index contributed by atoms with van der Waals surface area (Å²) >= 11 is 22.1. The zero-order valence-corrected chi connectivity index (χ0v) is 23.4. The van der Waals surface area contributed by atoms with Crippen LogP contribution in [0.5, 0.6) is 0 Å². The van der Waals surface area contributed by atoms with E-state index in [2.05, 4.69) is 144 Å². The summed E-state index contributed by atoms with van der Waals surface area (Å²) < 4.78 is 0.592. The number of hydrogen-bond donors (Lipinski definition) is 0. The van der Waals surface area contributed by atoms with Gasteiger partial charge in [0.2, 0.25) is 0 Å². The first-order chi connectivity index (χ1) is 12.1. The SMILES string of the molecule is BrC1(Br)CC1(Br)Cc1ccccc1.BrC1(Br)CC1(Br)Cc1ccccc1. The predicted molar refractivity (Wildman–Crippen MR) is 134 cm³/mol. The molecule has 2 aliphatic carbocycles. The molecule has 0 spiro atoms. The lowest BCUT2D eigenvalue weighted by atomic mass is 10.1. The van der Waals surface area contributed by atoms with Crippen LogP contribution in [0.2, 0.25) is 0 Å². The van der Waals surface area contributed by atoms with Crippen LogP contribution in [-0.2, 0) is 12.8 Å². The standard InChI is InChI=1S/2C10H9Br3/c2*11-9(7-10(9,12)13)6-8-4-2-1-3-5-8/h2*1-5H,6-7H2. The molecule has 0 heterocycles. The second-order valence-corrected chi connectivity index (χ2v) is 17.6. The fourth-order valence-electron chi connectivity index (χ4n) is 2.84. The van der Waals surface area contributed by atoms with Crippen LogP contribution in [0.1, 0.15) is 24.0 Å². The second-order valence-electron chi connectivity index (χ2n) is 7.02. The van der Waals surface area contributed by atoms with Crippen LogP contribution in [0.3, 0.4) is 0 Å². The molecule has 0 radical (unpaired) electrons. The topological polar surface area (TPSA) is 0 Å². The lowest BCUT2D eigenvalue weighted by molar-refractivity contribution is 0.905. The van der Waals surface area contributed by atoms with Crippen molar-refractivity contribution in [3.63, 3.8) is 0 Å². The molecule has 2 fully saturated rings. The van der Waals surface area contributed by atoms with Crippen molar-refractivity contribution < 1.29 is 0 Å². The van der Waals surface area contributed by atoms with Crippen molar-refractivity contribution >= 4 is 95.6 Å². The Labute approximate surface area is 206 Å². The minimum atomic E-state index is 0.100. The van der Waals surface area contributed by atoms with Gasteiger partial charge in [0.1, 0.15) is 0 Å². The van der Waals surface area contributed by atoms with Gasteiger partial charge in [-0.1, -0.05) is 156 Å². The van der Waals surface area contributed by atoms with Gasteiger partial charge in [0.25, 0.3) is 0 Å². The molecular formula is C20H18Br6. The molecule has 2 saturated carbocycles. The Morgan fingerprint density at radius 2 is 0.808 bits per heavy atom. The fourth-order valence-corrected chi connectivity index (χ4v) is 8.31. The van der Waals surface area contributed by atoms with E-state index in [9.17, 15) is 0 Å². The van der Waals surface area contributed by atoms with Crippen LogP contribution in [0.4, 0.5) is 0 Å². The molecule has 2 aliphatic rings. The van der Waals surface area contributed by atoms with E-state index < -0.39 is 0 Å². The molecule has 0 saturated heterocycles. The Morgan fingerprint density at radius 1 is 0.538 bits per heavy atom. The van der Waals surface area contributed by atoms with Gasteiger partial charge in [-0.3, -0.25) is 0 Å². The maximum atomic E-state index is 3.75. The van der Waals surface area contributed by atoms with Gasteiger partial charge in [0.05, 0.1) is 15.1 Å². The second kappa shape index (κ2) is 8.22. The first kappa shape index (κ1) is 22.0. The summed E-state index contributed by atoms with van der Waals surface area (Å²) in [5, 5.41) is 0. The highest BCUT2D eigenvalue weighted by atomic mass is 79.9. The lowest BCUT2D eigenvalue weighted by Gasteiger charge is -2.09. The van der Waals surface area contributed by atoms with E-state index in [1.807, 2.05) is 12.1 Å². The maximum Gasteiger partial charge on any atom is 0.0975 e. The van der Waals surface area contributed by atoms with Gasteiger partial charge in [-0.2, -0.15) is 0 Å². The molecule has 26 heavy (non-hydrogen) atoms. The minimum Gasteiger partial charge on any atom is -0.0824 e. The Bertz CT molecular complexity index is 680. The minimum absolute atomic E-state index is 0.100. The van der Waals surface area contributed by atoms with Gasteiger partial charge in [-0.15, -0.1) is 0 Å². The monoisotopic (exact) mass is 732 g/mol. The maximum absolute atomic E-state index is 3.75. The summed E-state index contributed by atoms with van der Waals surface area (Å²) in [5.41, 5.74) is 2.75. The van der Waals surface area contributed by atoms with Gasteiger partial charge in [0.15, 0.2) is 0 Å². The smallest absolute Gasteiger partial charge is 0.0824 e. The molecule has 2 unspecified atom stereocenters. The van der Waals surface area contributed by atoms with Crippen LogP contribution in [0.15, 0.2) is 60.7 Å². The highest BCUT2D eigenvalue weighted by molar-refractivity contribution is 9.27. The third-order valence-electron chi connectivity index (χ3n) is 4.72. The summed E-state index contributed by atoms with van der Waals surface area (Å²) in [7, 11) is 0. The molecule has 0 bridgehead atoms. The van der Waals surface area contributed by atoms with Crippen molar-refractivity contribution in [3.8, 4) is 0 Å². The predicted octanol–water partition coefficient (Wildman–Crippen LogP) is 8.51. The van der Waals surface area contributed by atoms with Crippen molar-refractivity contribution in [2.75, 3.05) is 0 Å². The van der Waals surface area contributed by atoms with Gasteiger partial charge in [-0.05, 0) is 36.8 Å². The summed E-state index contributed by atoms with van der Waals surface area (Å²) in [4.78, 5) is 0. The molecule has 0 N–H and O–H groups in total. The van der Waals surface area contributed by atoms with Gasteiger partial charge >= 0.3 is 0 Å². The van der Waals surface area contributed by atoms with Crippen molar-refractivity contribution in [1.29, 1.82) is 0 Å². The van der Waals surface area contributed by atoms with E-state index in [4.69, 9.17) is 0 Å². The van der Waals surface area contributed by atoms with Gasteiger partial charge in [0, 0.05) is 0 Å². The summed E-state index contributed by atoms with van der Waals surface area (Å²) in [6.07, 6.45) is 4.36. The van der Waals surface area contributed by atoms with Crippen LogP contribution < -0.4 is 0 Å². The zero-order chi connectivity index (χ0) is 19.1. The molecule has 0 aliphatic heterocycles. The lowest BCUT2D eigenvalue weighted by Crippen LogP contribution is -2.10. The highest BCUT2D eigenvalue weighted by Crippen LogP contribution is 2.66. The Morgan fingerprint density at radius 3 is 1.04 bits per heavy atom. The Balaban J connectivity index is 0.000000151. The molecule has 0 aromatic heterocycles. The van der Waals surface area contributed by atoms with Crippen molar-refractivity contribution in [3.05, 3.63) is 71.8 Å². The molecule has 2 aromatic carbocycles. The van der Waals surface area contributed by atoms with E-state index in [0.29, 0.717) is 0 Å². The summed E-state index contributed by atoms with van der Waals surface area (Å²) in [6, 6.07) is 21.1. The van der Waals surface area contributed by atoms with E-state index in [0.717, 1.165) is 25.7 Å². The third-order valence-corrected chi connectivity index (χ3v) is 13.5. The molecule has 0 nitrogen and oxygen atoms in total. The van der Waals surface area contributed by atoms with E-state index in [1.165, 1.54) is 11.1 Å². The van der Waals surface area contributed by atoms with Crippen molar-refractivity contribution in [2.45, 2.75) is 40.8 Å². The number of hydrogen-bond acceptors (Lipinski definition) is 0. The number of alkyl halides is 6. The van der Waals surface area contributed by atoms with Crippen molar-refractivity contribution in [1.82, 2.24) is 0 Å². The van der Waals surface area contributed by atoms with Gasteiger partial charge in [-0.25, -0.2) is 0 Å². The first-order valence-electron chi connectivity index (χ1n) is 8.28. The van der Waals surface area contributed by atoms with E-state index in [1.54, 1.807) is 0 Å². The number of halogens is 6. The number of benzene rings is 2. The van der Waals surface area contributed by atoms with Crippen LogP contribution >= 0.6 is 95.6 Å². The highest BCUT2D eigenvalue weighted by Gasteiger charge is 2.63. The van der Waals surface area contributed by atoms with Crippen molar-refractivity contribution in [2.24, 2.45) is 0 Å².